The van der Waals surface area contributed by atoms with Crippen LogP contribution in [0.25, 0.3) is 11.3 Å². The number of nitrogens with one attached hydrogen (secondary N) is 3. The van der Waals surface area contributed by atoms with Gasteiger partial charge >= 0.3 is 0 Å². The summed E-state index contributed by atoms with van der Waals surface area (Å²) in [6.07, 6.45) is 2.85. The van der Waals surface area contributed by atoms with Crippen molar-refractivity contribution in [1.29, 1.82) is 0 Å². The molecular formula is C14H11N5O2. The minimum absolute atomic E-state index is 0.0608. The summed E-state index contributed by atoms with van der Waals surface area (Å²) in [4.78, 5) is 29.4. The van der Waals surface area contributed by atoms with Crippen molar-refractivity contribution in [3.05, 3.63) is 65.0 Å². The molecule has 1 amide bonds. The highest BCUT2D eigenvalue weighted by Crippen LogP contribution is 2.20. The molecule has 0 saturated carbocycles. The van der Waals surface area contributed by atoms with E-state index in [1.807, 2.05) is 18.2 Å². The zero-order valence-electron chi connectivity index (χ0n) is 10.8. The zero-order valence-corrected chi connectivity index (χ0v) is 10.8. The number of hydrogen-bond donors (Lipinski definition) is 3. The minimum Gasteiger partial charge on any atom is -0.321 e. The van der Waals surface area contributed by atoms with Gasteiger partial charge in [-0.15, -0.1) is 0 Å². The van der Waals surface area contributed by atoms with Gasteiger partial charge in [0.05, 0.1) is 12.0 Å². The Bertz CT molecular complexity index is 823. The lowest BCUT2D eigenvalue weighted by Gasteiger charge is -2.06. The van der Waals surface area contributed by atoms with E-state index in [0.717, 1.165) is 17.3 Å². The standard InChI is InChI=1S/C14H11N5O2/c20-13-7-12(15-8-16-13)14(21)18-10-3-1-2-9(6-10)11-4-5-17-19-11/h1-8H,(H,17,19)(H,18,21)(H,15,16,20). The smallest absolute Gasteiger partial charge is 0.274 e. The highest BCUT2D eigenvalue weighted by atomic mass is 16.2. The number of carbonyl (C=O) groups excluding carboxylic acids is 1. The van der Waals surface area contributed by atoms with Crippen molar-refractivity contribution in [2.24, 2.45) is 0 Å². The molecule has 104 valence electrons. The number of benzene rings is 1. The van der Waals surface area contributed by atoms with Gasteiger partial charge in [-0.25, -0.2) is 4.98 Å². The second-order valence-electron chi connectivity index (χ2n) is 4.30. The van der Waals surface area contributed by atoms with Crippen LogP contribution in [0.15, 0.2) is 53.7 Å². The third-order valence-electron chi connectivity index (χ3n) is 2.84. The van der Waals surface area contributed by atoms with Gasteiger partial charge in [-0.3, -0.25) is 14.7 Å². The Labute approximate surface area is 119 Å². The molecule has 0 spiro atoms. The molecule has 0 atom stereocenters. The maximum absolute atomic E-state index is 12.0. The number of anilines is 1. The second kappa shape index (κ2) is 5.41. The number of carbonyl (C=O) groups is 1. The van der Waals surface area contributed by atoms with E-state index in [4.69, 9.17) is 0 Å². The normalized spacial score (nSPS) is 10.3. The van der Waals surface area contributed by atoms with Crippen molar-refractivity contribution in [1.82, 2.24) is 20.2 Å². The summed E-state index contributed by atoms with van der Waals surface area (Å²) in [5.74, 6) is -0.442. The van der Waals surface area contributed by atoms with Crippen molar-refractivity contribution >= 4 is 11.6 Å². The van der Waals surface area contributed by atoms with Gasteiger partial charge < -0.3 is 10.3 Å². The van der Waals surface area contributed by atoms with E-state index in [9.17, 15) is 9.59 Å². The Morgan fingerprint density at radius 3 is 2.86 bits per heavy atom. The van der Waals surface area contributed by atoms with E-state index in [1.165, 1.54) is 6.33 Å². The first kappa shape index (κ1) is 12.8. The summed E-state index contributed by atoms with van der Waals surface area (Å²) in [6.45, 7) is 0. The molecule has 7 heteroatoms. The van der Waals surface area contributed by atoms with Crippen molar-refractivity contribution in [2.75, 3.05) is 5.32 Å². The molecule has 0 aliphatic carbocycles. The second-order valence-corrected chi connectivity index (χ2v) is 4.30. The van der Waals surface area contributed by atoms with Crippen molar-refractivity contribution < 1.29 is 4.79 Å². The Morgan fingerprint density at radius 1 is 1.19 bits per heavy atom. The lowest BCUT2D eigenvalue weighted by atomic mass is 10.1. The summed E-state index contributed by atoms with van der Waals surface area (Å²) in [5.41, 5.74) is 2.03. The molecule has 3 N–H and O–H groups in total. The van der Waals surface area contributed by atoms with E-state index < -0.39 is 5.91 Å². The van der Waals surface area contributed by atoms with Gasteiger partial charge in [0.2, 0.25) is 0 Å². The number of hydrogen-bond acceptors (Lipinski definition) is 4. The number of aromatic amines is 2. The van der Waals surface area contributed by atoms with E-state index in [2.05, 4.69) is 25.5 Å². The van der Waals surface area contributed by atoms with Gasteiger partial charge in [-0.2, -0.15) is 5.10 Å². The molecule has 0 unspecified atom stereocenters. The topological polar surface area (TPSA) is 104 Å². The Hall–Kier alpha value is -3.22. The molecule has 0 fully saturated rings. The quantitative estimate of drug-likeness (QED) is 0.675. The summed E-state index contributed by atoms with van der Waals surface area (Å²) in [5, 5.41) is 9.44. The molecular weight excluding hydrogens is 270 g/mol. The van der Waals surface area contributed by atoms with Gasteiger partial charge in [0.25, 0.3) is 11.5 Å². The van der Waals surface area contributed by atoms with E-state index in [0.29, 0.717) is 5.69 Å². The Balaban J connectivity index is 1.84. The zero-order chi connectivity index (χ0) is 14.7. The van der Waals surface area contributed by atoms with Crippen LogP contribution >= 0.6 is 0 Å². The predicted octanol–water partition coefficient (Wildman–Crippen LogP) is 1.41. The first-order valence-electron chi connectivity index (χ1n) is 6.18. The number of nitrogens with zero attached hydrogens (tertiary/aromatic N) is 2. The third-order valence-corrected chi connectivity index (χ3v) is 2.84. The summed E-state index contributed by atoms with van der Waals surface area (Å²) >= 11 is 0. The van der Waals surface area contributed by atoms with Crippen LogP contribution in [0.4, 0.5) is 5.69 Å². The lowest BCUT2D eigenvalue weighted by Crippen LogP contribution is -2.17. The van der Waals surface area contributed by atoms with Crippen LogP contribution in [-0.4, -0.2) is 26.1 Å². The molecule has 3 rings (SSSR count). The minimum atomic E-state index is -0.442. The SMILES string of the molecule is O=C(Nc1cccc(-c2ccn[nH]2)c1)c1cc(=O)[nH]cn1. The summed E-state index contributed by atoms with van der Waals surface area (Å²) in [7, 11) is 0. The van der Waals surface area contributed by atoms with Crippen molar-refractivity contribution in [2.45, 2.75) is 0 Å². The van der Waals surface area contributed by atoms with Gasteiger partial charge in [0.1, 0.15) is 5.69 Å². The molecule has 0 aliphatic heterocycles. The molecule has 0 radical (unpaired) electrons. The maximum atomic E-state index is 12.0. The van der Waals surface area contributed by atoms with Crippen LogP contribution in [0.2, 0.25) is 0 Å². The molecule has 21 heavy (non-hydrogen) atoms. The van der Waals surface area contributed by atoms with Gasteiger partial charge in [-0.05, 0) is 18.2 Å². The van der Waals surface area contributed by atoms with Crippen LogP contribution < -0.4 is 10.9 Å². The molecule has 0 bridgehead atoms. The Morgan fingerprint density at radius 2 is 2.10 bits per heavy atom. The van der Waals surface area contributed by atoms with Crippen molar-refractivity contribution in [3.63, 3.8) is 0 Å². The number of aromatic nitrogens is 4. The molecule has 0 saturated heterocycles. The molecule has 3 aromatic rings. The van der Waals surface area contributed by atoms with Crippen LogP contribution in [0.3, 0.4) is 0 Å². The molecule has 2 heterocycles. The fourth-order valence-electron chi connectivity index (χ4n) is 1.87. The predicted molar refractivity (Wildman–Crippen MR) is 76.8 cm³/mol. The summed E-state index contributed by atoms with van der Waals surface area (Å²) < 4.78 is 0. The average Bonchev–Trinajstić information content (AvgIpc) is 3.02. The Kier molecular flexibility index (Phi) is 3.30. The number of amides is 1. The first-order valence-corrected chi connectivity index (χ1v) is 6.18. The number of rotatable bonds is 3. The molecule has 1 aromatic carbocycles. The highest BCUT2D eigenvalue weighted by molar-refractivity contribution is 6.03. The van der Waals surface area contributed by atoms with E-state index >= 15 is 0 Å². The average molecular weight is 281 g/mol. The largest absolute Gasteiger partial charge is 0.321 e. The van der Waals surface area contributed by atoms with Crippen LogP contribution in [0, 0.1) is 0 Å². The van der Waals surface area contributed by atoms with Crippen LogP contribution in [0.5, 0.6) is 0 Å². The monoisotopic (exact) mass is 281 g/mol. The van der Waals surface area contributed by atoms with E-state index in [1.54, 1.807) is 18.3 Å². The van der Waals surface area contributed by atoms with Crippen LogP contribution in [0.1, 0.15) is 10.5 Å². The fourth-order valence-corrected chi connectivity index (χ4v) is 1.87. The third kappa shape index (κ3) is 2.86. The molecule has 7 nitrogen and oxygen atoms in total. The maximum Gasteiger partial charge on any atom is 0.274 e. The fraction of sp³-hybridized carbons (Fsp3) is 0. The van der Waals surface area contributed by atoms with Gasteiger partial charge in [-0.1, -0.05) is 12.1 Å². The van der Waals surface area contributed by atoms with Crippen molar-refractivity contribution in [3.8, 4) is 11.3 Å². The summed E-state index contributed by atoms with van der Waals surface area (Å²) in [6, 6.07) is 10.3. The van der Waals surface area contributed by atoms with Gasteiger partial charge in [0.15, 0.2) is 0 Å². The van der Waals surface area contributed by atoms with Gasteiger partial charge in [0, 0.05) is 23.5 Å². The van der Waals surface area contributed by atoms with E-state index in [-0.39, 0.29) is 11.3 Å². The molecule has 2 aromatic heterocycles. The lowest BCUT2D eigenvalue weighted by molar-refractivity contribution is 0.102. The van der Waals surface area contributed by atoms with Crippen LogP contribution in [-0.2, 0) is 0 Å². The first-order chi connectivity index (χ1) is 10.2. The number of H-pyrrole nitrogens is 2. The highest BCUT2D eigenvalue weighted by Gasteiger charge is 2.09. The molecule has 0 aliphatic rings.